The highest BCUT2D eigenvalue weighted by Crippen LogP contribution is 2.27. The molecule has 1 aromatic rings. The summed E-state index contributed by atoms with van der Waals surface area (Å²) in [5.74, 6) is -0.579. The Bertz CT molecular complexity index is 844. The van der Waals surface area contributed by atoms with E-state index in [1.54, 1.807) is 20.8 Å². The minimum atomic E-state index is -0.846. The van der Waals surface area contributed by atoms with E-state index in [0.717, 1.165) is 31.2 Å². The van der Waals surface area contributed by atoms with E-state index in [4.69, 9.17) is 18.9 Å². The molecule has 1 saturated carbocycles. The number of carbonyl (C=O) groups is 3. The molecule has 0 aromatic heterocycles. The number of benzene rings is 1. The van der Waals surface area contributed by atoms with Crippen LogP contribution in [0.5, 0.6) is 0 Å². The summed E-state index contributed by atoms with van der Waals surface area (Å²) < 4.78 is 22.3. The lowest BCUT2D eigenvalue weighted by Crippen LogP contribution is -2.54. The van der Waals surface area contributed by atoms with Crippen LogP contribution in [-0.4, -0.2) is 55.2 Å². The van der Waals surface area contributed by atoms with Gasteiger partial charge in [-0.05, 0) is 52.5 Å². The molecule has 0 unspecified atom stereocenters. The van der Waals surface area contributed by atoms with Gasteiger partial charge in [-0.2, -0.15) is 0 Å². The summed E-state index contributed by atoms with van der Waals surface area (Å²) >= 11 is 0. The Balaban J connectivity index is 2.15. The van der Waals surface area contributed by atoms with Gasteiger partial charge in [-0.25, -0.2) is 4.79 Å². The first kappa shape index (κ1) is 31.6. The van der Waals surface area contributed by atoms with Gasteiger partial charge in [-0.1, -0.05) is 62.4 Å². The number of ether oxygens (including phenoxy) is 4. The van der Waals surface area contributed by atoms with E-state index in [1.165, 1.54) is 6.42 Å². The Labute approximate surface area is 227 Å². The fourth-order valence-corrected chi connectivity index (χ4v) is 4.57. The summed E-state index contributed by atoms with van der Waals surface area (Å²) in [5.41, 5.74) is 0.177. The molecule has 2 atom stereocenters. The molecule has 0 spiro atoms. The van der Waals surface area contributed by atoms with Crippen LogP contribution >= 0.6 is 0 Å². The van der Waals surface area contributed by atoms with Crippen LogP contribution in [0.4, 0.5) is 4.79 Å². The van der Waals surface area contributed by atoms with E-state index in [9.17, 15) is 14.4 Å². The number of esters is 1. The van der Waals surface area contributed by atoms with Crippen molar-refractivity contribution in [3.63, 3.8) is 0 Å². The molecular weight excluding hydrogens is 488 g/mol. The maximum absolute atomic E-state index is 13.6. The Morgan fingerprint density at radius 1 is 0.947 bits per heavy atom. The molecule has 0 aliphatic heterocycles. The van der Waals surface area contributed by atoms with Gasteiger partial charge in [0.15, 0.2) is 6.29 Å². The number of hydrogen-bond acceptors (Lipinski definition) is 7. The third-order valence-corrected chi connectivity index (χ3v) is 6.24. The van der Waals surface area contributed by atoms with Crippen molar-refractivity contribution < 1.29 is 33.3 Å². The standard InChI is InChI=1S/C29H46N2O7/c1-6-35-27(36-7-2)24(19-25(32)38-29(3,4)5)30-26(33)23(18-21-14-10-8-11-15-21)31-28(34)37-20-22-16-12-9-13-17-22/h9,12-13,16-17,21,23-24,27H,6-8,10-11,14-15,18-20H2,1-5H3,(H,30,33)(H,31,34)/t23-,24-/m0/s1. The topological polar surface area (TPSA) is 112 Å². The van der Waals surface area contributed by atoms with E-state index >= 15 is 0 Å². The minimum Gasteiger partial charge on any atom is -0.460 e. The van der Waals surface area contributed by atoms with Crippen LogP contribution in [0.1, 0.15) is 85.1 Å². The Morgan fingerprint density at radius 3 is 2.16 bits per heavy atom. The highest BCUT2D eigenvalue weighted by Gasteiger charge is 2.33. The van der Waals surface area contributed by atoms with E-state index in [0.29, 0.717) is 25.6 Å². The molecule has 9 nitrogen and oxygen atoms in total. The molecule has 1 aromatic carbocycles. The number of nitrogens with one attached hydrogen (secondary N) is 2. The van der Waals surface area contributed by atoms with E-state index in [2.05, 4.69) is 10.6 Å². The van der Waals surface area contributed by atoms with E-state index in [-0.39, 0.29) is 13.0 Å². The predicted octanol–water partition coefficient (Wildman–Crippen LogP) is 4.87. The molecule has 1 aliphatic rings. The second-order valence-corrected chi connectivity index (χ2v) is 10.7. The summed E-state index contributed by atoms with van der Waals surface area (Å²) in [6.45, 7) is 9.75. The second kappa shape index (κ2) is 16.3. The first-order chi connectivity index (χ1) is 18.1. The van der Waals surface area contributed by atoms with Crippen molar-refractivity contribution >= 4 is 18.0 Å². The predicted molar refractivity (Wildman–Crippen MR) is 144 cm³/mol. The lowest BCUT2D eigenvalue weighted by atomic mass is 9.84. The first-order valence-corrected chi connectivity index (χ1v) is 13.8. The minimum absolute atomic E-state index is 0.0997. The second-order valence-electron chi connectivity index (χ2n) is 10.7. The molecule has 0 bridgehead atoms. The van der Waals surface area contributed by atoms with Crippen LogP contribution in [0.3, 0.4) is 0 Å². The Kier molecular flexibility index (Phi) is 13.6. The van der Waals surface area contributed by atoms with Crippen LogP contribution in [0, 0.1) is 5.92 Å². The molecular formula is C29H46N2O7. The average molecular weight is 535 g/mol. The van der Waals surface area contributed by atoms with E-state index in [1.807, 2.05) is 44.2 Å². The summed E-state index contributed by atoms with van der Waals surface area (Å²) in [6, 6.07) is 7.73. The zero-order valence-electron chi connectivity index (χ0n) is 23.6. The summed E-state index contributed by atoms with van der Waals surface area (Å²) in [6.07, 6.45) is 4.25. The molecule has 38 heavy (non-hydrogen) atoms. The number of amides is 2. The summed E-state index contributed by atoms with van der Waals surface area (Å²) in [5, 5.41) is 5.68. The fraction of sp³-hybridized carbons (Fsp3) is 0.690. The van der Waals surface area contributed by atoms with Gasteiger partial charge in [-0.3, -0.25) is 9.59 Å². The van der Waals surface area contributed by atoms with Crippen molar-refractivity contribution in [3.8, 4) is 0 Å². The van der Waals surface area contributed by atoms with Gasteiger partial charge in [0.1, 0.15) is 18.2 Å². The molecule has 1 fully saturated rings. The van der Waals surface area contributed by atoms with E-state index < -0.39 is 41.9 Å². The number of rotatable bonds is 14. The molecule has 0 radical (unpaired) electrons. The van der Waals surface area contributed by atoms with Crippen molar-refractivity contribution in [3.05, 3.63) is 35.9 Å². The van der Waals surface area contributed by atoms with Crippen LogP contribution < -0.4 is 10.6 Å². The maximum atomic E-state index is 13.6. The van der Waals surface area contributed by atoms with Gasteiger partial charge >= 0.3 is 12.1 Å². The Morgan fingerprint density at radius 2 is 1.58 bits per heavy atom. The van der Waals surface area contributed by atoms with Gasteiger partial charge in [0.05, 0.1) is 12.5 Å². The first-order valence-electron chi connectivity index (χ1n) is 13.8. The molecule has 2 rings (SSSR count). The van der Waals surface area contributed by atoms with Gasteiger partial charge < -0.3 is 29.6 Å². The Hall–Kier alpha value is -2.65. The summed E-state index contributed by atoms with van der Waals surface area (Å²) in [7, 11) is 0. The van der Waals surface area contributed by atoms with Gasteiger partial charge in [-0.15, -0.1) is 0 Å². The van der Waals surface area contributed by atoms with Crippen molar-refractivity contribution in [1.29, 1.82) is 0 Å². The molecule has 1 aliphatic carbocycles. The van der Waals surface area contributed by atoms with Gasteiger partial charge in [0, 0.05) is 13.2 Å². The smallest absolute Gasteiger partial charge is 0.408 e. The fourth-order valence-electron chi connectivity index (χ4n) is 4.57. The van der Waals surface area contributed by atoms with Crippen LogP contribution in [-0.2, 0) is 35.1 Å². The largest absolute Gasteiger partial charge is 0.460 e. The highest BCUT2D eigenvalue weighted by atomic mass is 16.7. The zero-order valence-corrected chi connectivity index (χ0v) is 23.6. The number of hydrogen-bond donors (Lipinski definition) is 2. The average Bonchev–Trinajstić information content (AvgIpc) is 2.86. The normalized spacial score (nSPS) is 15.9. The van der Waals surface area contributed by atoms with Crippen molar-refractivity contribution in [2.24, 2.45) is 5.92 Å². The number of alkyl carbamates (subject to hydrolysis) is 1. The van der Waals surface area contributed by atoms with Gasteiger partial charge in [0.2, 0.25) is 5.91 Å². The SMILES string of the molecule is CCOC(OCC)[C@H](CC(=O)OC(C)(C)C)NC(=O)[C@H](CC1CCCCC1)NC(=O)OCc1ccccc1. The van der Waals surface area contributed by atoms with Crippen molar-refractivity contribution in [1.82, 2.24) is 10.6 Å². The molecule has 214 valence electrons. The summed E-state index contributed by atoms with van der Waals surface area (Å²) in [4.78, 5) is 38.9. The third kappa shape index (κ3) is 12.3. The van der Waals surface area contributed by atoms with Gasteiger partial charge in [0.25, 0.3) is 0 Å². The molecule has 9 heteroatoms. The molecule has 2 amide bonds. The monoisotopic (exact) mass is 534 g/mol. The number of carbonyl (C=O) groups excluding carboxylic acids is 3. The van der Waals surface area contributed by atoms with Crippen LogP contribution in [0.25, 0.3) is 0 Å². The molecule has 0 heterocycles. The molecule has 0 saturated heterocycles. The zero-order chi connectivity index (χ0) is 28.0. The lowest BCUT2D eigenvalue weighted by molar-refractivity contribution is -0.172. The highest BCUT2D eigenvalue weighted by molar-refractivity contribution is 5.86. The lowest BCUT2D eigenvalue weighted by Gasteiger charge is -2.31. The van der Waals surface area contributed by atoms with Crippen LogP contribution in [0.2, 0.25) is 0 Å². The maximum Gasteiger partial charge on any atom is 0.408 e. The third-order valence-electron chi connectivity index (χ3n) is 6.24. The quantitative estimate of drug-likeness (QED) is 0.259. The molecule has 2 N–H and O–H groups in total. The van der Waals surface area contributed by atoms with Crippen molar-refractivity contribution in [2.45, 2.75) is 110 Å². The van der Waals surface area contributed by atoms with Crippen molar-refractivity contribution in [2.75, 3.05) is 13.2 Å². The van der Waals surface area contributed by atoms with Crippen LogP contribution in [0.15, 0.2) is 30.3 Å².